The van der Waals surface area contributed by atoms with Crippen molar-refractivity contribution in [1.29, 1.82) is 0 Å². The van der Waals surface area contributed by atoms with Crippen LogP contribution >= 0.6 is 0 Å². The maximum absolute atomic E-state index is 10.2. The maximum Gasteiger partial charge on any atom is 0.187 e. The average molecular weight is 338 g/mol. The molecule has 0 aromatic heterocycles. The van der Waals surface area contributed by atoms with Gasteiger partial charge in [0.1, 0.15) is 42.7 Å². The van der Waals surface area contributed by atoms with E-state index in [0.717, 1.165) is 0 Å². The molecule has 6 N–H and O–H groups in total. The van der Waals surface area contributed by atoms with Gasteiger partial charge in [0, 0.05) is 0 Å². The standard InChI is InChI=1S/C14H26O9/c1-5(2)13-11(19)9(17)7(4-21-13)23-14-12(20)10(18)8(16)6(3-15)22-14/h5-20H,3-4H2,1-2H3. The highest BCUT2D eigenvalue weighted by atomic mass is 16.7. The minimum atomic E-state index is -1.57. The van der Waals surface area contributed by atoms with Crippen LogP contribution in [-0.4, -0.2) is 99.0 Å². The SMILES string of the molecule is CC(C)C1OCC(OC2OC(CO)C(O)C(O)C2O)C(O)C1O. The first-order valence-corrected chi connectivity index (χ1v) is 7.71. The molecular weight excluding hydrogens is 312 g/mol. The van der Waals surface area contributed by atoms with Crippen molar-refractivity contribution in [3.8, 4) is 0 Å². The molecule has 0 aromatic carbocycles. The minimum Gasteiger partial charge on any atom is -0.394 e. The molecule has 0 bridgehead atoms. The summed E-state index contributed by atoms with van der Waals surface area (Å²) < 4.78 is 16.1. The Hall–Kier alpha value is -0.360. The molecule has 0 aliphatic carbocycles. The Bertz CT molecular complexity index is 377. The van der Waals surface area contributed by atoms with Crippen LogP contribution in [0.1, 0.15) is 13.8 Å². The van der Waals surface area contributed by atoms with E-state index >= 15 is 0 Å². The fourth-order valence-electron chi connectivity index (χ4n) is 2.88. The Morgan fingerprint density at radius 2 is 1.61 bits per heavy atom. The summed E-state index contributed by atoms with van der Waals surface area (Å²) in [5.41, 5.74) is 0. The summed E-state index contributed by atoms with van der Waals surface area (Å²) in [6.07, 6.45) is -11.1. The molecule has 2 heterocycles. The fourth-order valence-corrected chi connectivity index (χ4v) is 2.88. The number of aliphatic hydroxyl groups excluding tert-OH is 6. The van der Waals surface area contributed by atoms with E-state index in [1.54, 1.807) is 0 Å². The second kappa shape index (κ2) is 7.68. The predicted octanol–water partition coefficient (Wildman–Crippen LogP) is -3.05. The third kappa shape index (κ3) is 3.84. The largest absolute Gasteiger partial charge is 0.394 e. The molecule has 2 fully saturated rings. The average Bonchev–Trinajstić information content (AvgIpc) is 2.51. The van der Waals surface area contributed by atoms with Gasteiger partial charge in [0.2, 0.25) is 0 Å². The van der Waals surface area contributed by atoms with Crippen molar-refractivity contribution in [1.82, 2.24) is 0 Å². The van der Waals surface area contributed by atoms with Gasteiger partial charge in [-0.1, -0.05) is 13.8 Å². The van der Waals surface area contributed by atoms with Crippen molar-refractivity contribution in [3.05, 3.63) is 0 Å². The number of ether oxygens (including phenoxy) is 3. The summed E-state index contributed by atoms with van der Waals surface area (Å²) >= 11 is 0. The number of aliphatic hydroxyl groups is 6. The first-order chi connectivity index (χ1) is 10.8. The van der Waals surface area contributed by atoms with E-state index in [2.05, 4.69) is 0 Å². The molecular formula is C14H26O9. The third-order valence-corrected chi connectivity index (χ3v) is 4.33. The van der Waals surface area contributed by atoms with Crippen molar-refractivity contribution >= 4 is 0 Å². The summed E-state index contributed by atoms with van der Waals surface area (Å²) in [4.78, 5) is 0. The molecule has 0 spiro atoms. The summed E-state index contributed by atoms with van der Waals surface area (Å²) in [6, 6.07) is 0. The molecule has 2 rings (SSSR count). The summed E-state index contributed by atoms with van der Waals surface area (Å²) in [7, 11) is 0. The van der Waals surface area contributed by atoms with Gasteiger partial charge in [0.25, 0.3) is 0 Å². The zero-order chi connectivity index (χ0) is 17.3. The van der Waals surface area contributed by atoms with Gasteiger partial charge in [-0.15, -0.1) is 0 Å². The highest BCUT2D eigenvalue weighted by Gasteiger charge is 2.47. The van der Waals surface area contributed by atoms with E-state index in [4.69, 9.17) is 19.3 Å². The lowest BCUT2D eigenvalue weighted by molar-refractivity contribution is -0.332. The zero-order valence-electron chi connectivity index (χ0n) is 13.1. The molecule has 23 heavy (non-hydrogen) atoms. The molecule has 0 saturated carbocycles. The van der Waals surface area contributed by atoms with Crippen LogP contribution in [0.2, 0.25) is 0 Å². The fraction of sp³-hybridized carbons (Fsp3) is 1.00. The summed E-state index contributed by atoms with van der Waals surface area (Å²) in [5.74, 6) is -0.00661. The first kappa shape index (κ1) is 19.0. The highest BCUT2D eigenvalue weighted by Crippen LogP contribution is 2.27. The van der Waals surface area contributed by atoms with Gasteiger partial charge in [0.05, 0.1) is 19.3 Å². The van der Waals surface area contributed by atoms with E-state index in [-0.39, 0.29) is 12.5 Å². The Kier molecular flexibility index (Phi) is 6.34. The summed E-state index contributed by atoms with van der Waals surface area (Å²) in [5, 5.41) is 58.7. The van der Waals surface area contributed by atoms with E-state index < -0.39 is 61.7 Å². The third-order valence-electron chi connectivity index (χ3n) is 4.33. The van der Waals surface area contributed by atoms with Crippen molar-refractivity contribution in [2.45, 2.75) is 69.0 Å². The lowest BCUT2D eigenvalue weighted by Gasteiger charge is -2.44. The topological polar surface area (TPSA) is 149 Å². The van der Waals surface area contributed by atoms with Crippen molar-refractivity contribution in [3.63, 3.8) is 0 Å². The van der Waals surface area contributed by atoms with Gasteiger partial charge >= 0.3 is 0 Å². The van der Waals surface area contributed by atoms with Gasteiger partial charge in [-0.3, -0.25) is 0 Å². The predicted molar refractivity (Wildman–Crippen MR) is 75.2 cm³/mol. The molecule has 0 amide bonds. The van der Waals surface area contributed by atoms with Crippen molar-refractivity contribution in [2.24, 2.45) is 5.92 Å². The van der Waals surface area contributed by atoms with E-state index in [0.29, 0.717) is 0 Å². The van der Waals surface area contributed by atoms with Crippen molar-refractivity contribution < 1.29 is 44.8 Å². The van der Waals surface area contributed by atoms with Crippen LogP contribution in [0.25, 0.3) is 0 Å². The van der Waals surface area contributed by atoms with Gasteiger partial charge in [0.15, 0.2) is 6.29 Å². The number of hydrogen-bond acceptors (Lipinski definition) is 9. The molecule has 9 nitrogen and oxygen atoms in total. The van der Waals surface area contributed by atoms with E-state index in [1.165, 1.54) is 0 Å². The normalized spacial score (nSPS) is 48.7. The highest BCUT2D eigenvalue weighted by molar-refractivity contribution is 4.92. The molecule has 2 aliphatic rings. The van der Waals surface area contributed by atoms with Crippen LogP contribution in [0.5, 0.6) is 0 Å². The molecule has 0 aromatic rings. The van der Waals surface area contributed by atoms with Crippen LogP contribution < -0.4 is 0 Å². The van der Waals surface area contributed by atoms with Crippen molar-refractivity contribution in [2.75, 3.05) is 13.2 Å². The Morgan fingerprint density at radius 1 is 0.957 bits per heavy atom. The Labute approximate surface area is 134 Å². The van der Waals surface area contributed by atoms with Crippen LogP contribution in [0.3, 0.4) is 0 Å². The summed E-state index contributed by atoms with van der Waals surface area (Å²) in [6.45, 7) is 3.08. The van der Waals surface area contributed by atoms with Gasteiger partial charge in [-0.05, 0) is 5.92 Å². The quantitative estimate of drug-likeness (QED) is 0.314. The monoisotopic (exact) mass is 338 g/mol. The van der Waals surface area contributed by atoms with Crippen LogP contribution in [-0.2, 0) is 14.2 Å². The molecule has 9 heteroatoms. The maximum atomic E-state index is 10.2. The minimum absolute atomic E-state index is 0.00661. The second-order valence-electron chi connectivity index (χ2n) is 6.39. The molecule has 9 unspecified atom stereocenters. The number of hydrogen-bond donors (Lipinski definition) is 6. The Balaban J connectivity index is 2.01. The van der Waals surface area contributed by atoms with Gasteiger partial charge in [-0.2, -0.15) is 0 Å². The smallest absolute Gasteiger partial charge is 0.187 e. The second-order valence-corrected chi connectivity index (χ2v) is 6.39. The lowest BCUT2D eigenvalue weighted by Crippen LogP contribution is -2.62. The molecule has 2 aliphatic heterocycles. The van der Waals surface area contributed by atoms with Gasteiger partial charge in [-0.25, -0.2) is 0 Å². The lowest BCUT2D eigenvalue weighted by atomic mass is 9.92. The molecule has 9 atom stereocenters. The first-order valence-electron chi connectivity index (χ1n) is 7.71. The van der Waals surface area contributed by atoms with Crippen LogP contribution in [0.15, 0.2) is 0 Å². The number of rotatable bonds is 4. The van der Waals surface area contributed by atoms with E-state index in [1.807, 2.05) is 13.8 Å². The van der Waals surface area contributed by atoms with Gasteiger partial charge < -0.3 is 44.8 Å². The Morgan fingerprint density at radius 3 is 2.17 bits per heavy atom. The zero-order valence-corrected chi connectivity index (χ0v) is 13.1. The molecule has 136 valence electrons. The van der Waals surface area contributed by atoms with Crippen LogP contribution in [0, 0.1) is 5.92 Å². The van der Waals surface area contributed by atoms with E-state index in [9.17, 15) is 25.5 Å². The molecule has 2 saturated heterocycles. The van der Waals surface area contributed by atoms with Crippen LogP contribution in [0.4, 0.5) is 0 Å². The molecule has 0 radical (unpaired) electrons.